The van der Waals surface area contributed by atoms with Gasteiger partial charge in [-0.2, -0.15) is 0 Å². The molecule has 0 fully saturated rings. The van der Waals surface area contributed by atoms with Gasteiger partial charge in [0.15, 0.2) is 0 Å². The lowest BCUT2D eigenvalue weighted by Crippen LogP contribution is -2.15. The lowest BCUT2D eigenvalue weighted by molar-refractivity contribution is 0.628. The van der Waals surface area contributed by atoms with Gasteiger partial charge in [0.05, 0.1) is 16.3 Å². The summed E-state index contributed by atoms with van der Waals surface area (Å²) in [5.41, 5.74) is 8.49. The van der Waals surface area contributed by atoms with Gasteiger partial charge < -0.3 is 11.1 Å². The number of nitrogens with zero attached hydrogens (tertiary/aromatic N) is 1. The molecule has 2 rings (SSSR count). The second-order valence-corrected chi connectivity index (χ2v) is 5.26. The number of hydrogen-bond donors (Lipinski definition) is 2. The van der Waals surface area contributed by atoms with E-state index in [0.717, 1.165) is 11.3 Å². The lowest BCUT2D eigenvalue weighted by atomic mass is 10.1. The number of thiocarbonyl (C=S) groups is 1. The largest absolute Gasteiger partial charge is 0.389 e. The third-order valence-electron chi connectivity index (χ3n) is 2.77. The minimum absolute atomic E-state index is 0.227. The van der Waals surface area contributed by atoms with Gasteiger partial charge in [-0.25, -0.2) is 9.37 Å². The minimum Gasteiger partial charge on any atom is -0.389 e. The van der Waals surface area contributed by atoms with Crippen molar-refractivity contribution in [2.24, 2.45) is 5.73 Å². The molecule has 0 spiro atoms. The van der Waals surface area contributed by atoms with Crippen LogP contribution in [0.15, 0.2) is 24.3 Å². The van der Waals surface area contributed by atoms with E-state index in [-0.39, 0.29) is 4.99 Å². The van der Waals surface area contributed by atoms with Crippen molar-refractivity contribution in [2.45, 2.75) is 13.8 Å². The molecule has 3 N–H and O–H groups in total. The first kappa shape index (κ1) is 14.7. The van der Waals surface area contributed by atoms with Crippen LogP contribution in [0.5, 0.6) is 0 Å². The van der Waals surface area contributed by atoms with Crippen LogP contribution in [-0.2, 0) is 0 Å². The van der Waals surface area contributed by atoms with Crippen LogP contribution in [0.2, 0.25) is 5.02 Å². The van der Waals surface area contributed by atoms with Crippen LogP contribution in [-0.4, -0.2) is 9.97 Å². The van der Waals surface area contributed by atoms with Crippen LogP contribution < -0.4 is 11.1 Å². The van der Waals surface area contributed by atoms with Crippen molar-refractivity contribution in [2.75, 3.05) is 5.32 Å². The highest BCUT2D eigenvalue weighted by Gasteiger charge is 2.13. The summed E-state index contributed by atoms with van der Waals surface area (Å²) in [6.45, 7) is 3.75. The lowest BCUT2D eigenvalue weighted by Gasteiger charge is -2.14. The summed E-state index contributed by atoms with van der Waals surface area (Å²) < 4.78 is 13.3. The summed E-state index contributed by atoms with van der Waals surface area (Å²) in [6.07, 6.45) is 0. The highest BCUT2D eigenvalue weighted by Crippen LogP contribution is 2.28. The Kier molecular flexibility index (Phi) is 4.20. The zero-order chi connectivity index (χ0) is 14.9. The first-order chi connectivity index (χ1) is 9.38. The van der Waals surface area contributed by atoms with Crippen LogP contribution in [0.3, 0.4) is 0 Å². The number of nitrogens with one attached hydrogen (secondary N) is 1. The van der Waals surface area contributed by atoms with E-state index in [0.29, 0.717) is 22.1 Å². The first-order valence-corrected chi connectivity index (χ1v) is 6.67. The average molecular weight is 310 g/mol. The molecule has 0 saturated heterocycles. The van der Waals surface area contributed by atoms with E-state index < -0.39 is 5.82 Å². The molecule has 20 heavy (non-hydrogen) atoms. The molecular formula is C14H13ClFN3S. The molecule has 0 saturated carbocycles. The summed E-state index contributed by atoms with van der Waals surface area (Å²) in [6, 6.07) is 5.94. The van der Waals surface area contributed by atoms with Crippen molar-refractivity contribution in [1.82, 2.24) is 4.98 Å². The fraction of sp³-hybridized carbons (Fsp3) is 0.143. The summed E-state index contributed by atoms with van der Waals surface area (Å²) >= 11 is 11.1. The molecule has 0 amide bonds. The molecule has 0 radical (unpaired) electrons. The van der Waals surface area contributed by atoms with Gasteiger partial charge >= 0.3 is 0 Å². The number of benzene rings is 1. The number of aryl methyl sites for hydroxylation is 2. The maximum atomic E-state index is 13.3. The van der Waals surface area contributed by atoms with Crippen molar-refractivity contribution in [3.05, 3.63) is 51.9 Å². The first-order valence-electron chi connectivity index (χ1n) is 5.88. The van der Waals surface area contributed by atoms with Gasteiger partial charge in [-0.05, 0) is 43.7 Å². The molecule has 1 aromatic heterocycles. The second kappa shape index (κ2) is 5.73. The fourth-order valence-electron chi connectivity index (χ4n) is 1.96. The third-order valence-corrected chi connectivity index (χ3v) is 3.31. The Bertz CT molecular complexity index is 688. The molecule has 6 heteroatoms. The van der Waals surface area contributed by atoms with E-state index in [1.54, 1.807) is 0 Å². The van der Waals surface area contributed by atoms with Gasteiger partial charge in [0.25, 0.3) is 0 Å². The monoisotopic (exact) mass is 309 g/mol. The maximum Gasteiger partial charge on any atom is 0.141 e. The molecule has 1 heterocycles. The second-order valence-electron chi connectivity index (χ2n) is 4.42. The Hall–Kier alpha value is -1.72. The molecule has 0 unspecified atom stereocenters. The van der Waals surface area contributed by atoms with Crippen molar-refractivity contribution >= 4 is 40.3 Å². The van der Waals surface area contributed by atoms with Crippen molar-refractivity contribution in [3.63, 3.8) is 0 Å². The van der Waals surface area contributed by atoms with Gasteiger partial charge in [0, 0.05) is 5.69 Å². The number of halogens is 2. The SMILES string of the molecule is Cc1cc(C)c(C(N)=S)c(Nc2cc(F)ccc2Cl)n1. The van der Waals surface area contributed by atoms with Crippen LogP contribution in [0, 0.1) is 19.7 Å². The van der Waals surface area contributed by atoms with Crippen molar-refractivity contribution in [1.29, 1.82) is 0 Å². The van der Waals surface area contributed by atoms with Gasteiger partial charge in [-0.3, -0.25) is 0 Å². The molecule has 1 aromatic carbocycles. The minimum atomic E-state index is -0.391. The van der Waals surface area contributed by atoms with Crippen LogP contribution >= 0.6 is 23.8 Å². The zero-order valence-electron chi connectivity index (χ0n) is 11.0. The highest BCUT2D eigenvalue weighted by atomic mass is 35.5. The zero-order valence-corrected chi connectivity index (χ0v) is 12.6. The molecule has 0 atom stereocenters. The normalized spacial score (nSPS) is 10.4. The van der Waals surface area contributed by atoms with E-state index in [2.05, 4.69) is 10.3 Å². The Morgan fingerprint density at radius 2 is 2.05 bits per heavy atom. The van der Waals surface area contributed by atoms with E-state index in [1.807, 2.05) is 19.9 Å². The van der Waals surface area contributed by atoms with E-state index in [4.69, 9.17) is 29.6 Å². The number of pyridine rings is 1. The molecule has 0 aliphatic rings. The standard InChI is InChI=1S/C14H13ClFN3S/c1-7-5-8(2)18-14(12(7)13(17)20)19-11-6-9(16)3-4-10(11)15/h3-6H,1-2H3,(H2,17,20)(H,18,19). The van der Waals surface area contributed by atoms with Gasteiger partial charge in [0.2, 0.25) is 0 Å². The van der Waals surface area contributed by atoms with Gasteiger partial charge in [-0.15, -0.1) is 0 Å². The predicted molar refractivity (Wildman–Crippen MR) is 84.3 cm³/mol. The summed E-state index contributed by atoms with van der Waals surface area (Å²) in [5.74, 6) is 0.0839. The molecular weight excluding hydrogens is 297 g/mol. The number of rotatable bonds is 3. The number of anilines is 2. The Labute approximate surface area is 127 Å². The van der Waals surface area contributed by atoms with Crippen molar-refractivity contribution in [3.8, 4) is 0 Å². The van der Waals surface area contributed by atoms with E-state index >= 15 is 0 Å². The molecule has 0 aliphatic heterocycles. The summed E-state index contributed by atoms with van der Waals surface area (Å²) in [7, 11) is 0. The quantitative estimate of drug-likeness (QED) is 0.845. The Morgan fingerprint density at radius 1 is 1.35 bits per heavy atom. The van der Waals surface area contributed by atoms with Crippen molar-refractivity contribution < 1.29 is 4.39 Å². The Morgan fingerprint density at radius 3 is 2.70 bits per heavy atom. The third kappa shape index (κ3) is 3.05. The molecule has 0 bridgehead atoms. The average Bonchev–Trinajstić information content (AvgIpc) is 2.32. The van der Waals surface area contributed by atoms with Crippen LogP contribution in [0.25, 0.3) is 0 Å². The highest BCUT2D eigenvalue weighted by molar-refractivity contribution is 7.80. The summed E-state index contributed by atoms with van der Waals surface area (Å²) in [4.78, 5) is 4.59. The van der Waals surface area contributed by atoms with Gasteiger partial charge in [0.1, 0.15) is 16.6 Å². The van der Waals surface area contributed by atoms with E-state index in [9.17, 15) is 4.39 Å². The molecule has 2 aromatic rings. The van der Waals surface area contributed by atoms with Crippen LogP contribution in [0.4, 0.5) is 15.9 Å². The van der Waals surface area contributed by atoms with Gasteiger partial charge in [-0.1, -0.05) is 23.8 Å². The number of aromatic nitrogens is 1. The number of nitrogens with two attached hydrogens (primary N) is 1. The summed E-state index contributed by atoms with van der Waals surface area (Å²) in [5, 5.41) is 3.38. The maximum absolute atomic E-state index is 13.3. The number of hydrogen-bond acceptors (Lipinski definition) is 3. The van der Waals surface area contributed by atoms with Crippen LogP contribution in [0.1, 0.15) is 16.8 Å². The predicted octanol–water partition coefficient (Wildman–Crippen LogP) is 3.87. The van der Waals surface area contributed by atoms with E-state index in [1.165, 1.54) is 18.2 Å². The smallest absolute Gasteiger partial charge is 0.141 e. The fourth-order valence-corrected chi connectivity index (χ4v) is 2.38. The molecule has 104 valence electrons. The molecule has 0 aliphatic carbocycles. The Balaban J connectivity index is 2.53. The topological polar surface area (TPSA) is 50.9 Å². The molecule has 3 nitrogen and oxygen atoms in total.